The fourth-order valence-corrected chi connectivity index (χ4v) is 3.16. The van der Waals surface area contributed by atoms with Crippen molar-refractivity contribution < 1.29 is 14.0 Å². The van der Waals surface area contributed by atoms with Gasteiger partial charge in [-0.3, -0.25) is 9.59 Å². The first-order chi connectivity index (χ1) is 14.1. The van der Waals surface area contributed by atoms with Crippen LogP contribution in [0.4, 0.5) is 10.1 Å². The van der Waals surface area contributed by atoms with Crippen LogP contribution in [0.1, 0.15) is 26.4 Å². The van der Waals surface area contributed by atoms with E-state index >= 15 is 0 Å². The number of nitriles is 1. The van der Waals surface area contributed by atoms with Crippen molar-refractivity contribution in [2.45, 2.75) is 13.1 Å². The Morgan fingerprint density at radius 2 is 1.79 bits per heavy atom. The number of aromatic nitrogens is 3. The zero-order chi connectivity index (χ0) is 20.4. The molecule has 0 atom stereocenters. The Labute approximate surface area is 165 Å². The van der Waals surface area contributed by atoms with E-state index in [0.717, 1.165) is 0 Å². The normalized spacial score (nSPS) is 12.9. The molecule has 0 fully saturated rings. The molecule has 3 aromatic rings. The van der Waals surface area contributed by atoms with E-state index in [0.29, 0.717) is 22.5 Å². The predicted octanol–water partition coefficient (Wildman–Crippen LogP) is 2.91. The van der Waals surface area contributed by atoms with Gasteiger partial charge in [-0.15, -0.1) is 5.10 Å². The van der Waals surface area contributed by atoms with E-state index in [1.165, 1.54) is 35.0 Å². The summed E-state index contributed by atoms with van der Waals surface area (Å²) in [6.45, 7) is 0.154. The van der Waals surface area contributed by atoms with Crippen molar-refractivity contribution >= 4 is 17.3 Å². The monoisotopic (exact) mass is 387 g/mol. The lowest BCUT2D eigenvalue weighted by atomic mass is 9.92. The molecule has 0 amide bonds. The van der Waals surface area contributed by atoms with Crippen molar-refractivity contribution in [2.24, 2.45) is 0 Å². The highest BCUT2D eigenvalue weighted by Crippen LogP contribution is 2.29. The number of carbonyl (C=O) groups is 2. The zero-order valence-electron chi connectivity index (χ0n) is 15.1. The summed E-state index contributed by atoms with van der Waals surface area (Å²) < 4.78 is 14.8. The Hall–Kier alpha value is -4.12. The van der Waals surface area contributed by atoms with Gasteiger partial charge in [0.1, 0.15) is 18.1 Å². The number of halogens is 1. The Kier molecular flexibility index (Phi) is 4.71. The number of benzene rings is 2. The summed E-state index contributed by atoms with van der Waals surface area (Å²) in [7, 11) is 0. The first kappa shape index (κ1) is 18.3. The smallest absolute Gasteiger partial charge is 0.210 e. The van der Waals surface area contributed by atoms with Crippen LogP contribution in [0.25, 0.3) is 0 Å². The van der Waals surface area contributed by atoms with Gasteiger partial charge in [0, 0.05) is 22.9 Å². The number of rotatable bonds is 5. The Morgan fingerprint density at radius 3 is 2.52 bits per heavy atom. The standard InChI is InChI=1S/C21H14FN5O2/c22-14-5-7-16(8-6-14)27(13-15-12-26(10-9-23)25-24-15)19-11-20(28)17-3-1-2-4-18(17)21(19)29/h1-8,11-12H,10,13H2. The largest absolute Gasteiger partial charge is 0.332 e. The molecule has 1 aliphatic rings. The Morgan fingerprint density at radius 1 is 1.07 bits per heavy atom. The van der Waals surface area contributed by atoms with Crippen LogP contribution in [0, 0.1) is 17.1 Å². The first-order valence-electron chi connectivity index (χ1n) is 8.75. The van der Waals surface area contributed by atoms with Crippen LogP contribution >= 0.6 is 0 Å². The number of hydrogen-bond acceptors (Lipinski definition) is 6. The molecule has 0 unspecified atom stereocenters. The van der Waals surface area contributed by atoms with Crippen LogP contribution in [-0.2, 0) is 13.1 Å². The maximum atomic E-state index is 13.4. The molecule has 142 valence electrons. The summed E-state index contributed by atoms with van der Waals surface area (Å²) in [6, 6.07) is 14.2. The van der Waals surface area contributed by atoms with Crippen LogP contribution in [0.3, 0.4) is 0 Å². The second-order valence-electron chi connectivity index (χ2n) is 6.40. The van der Waals surface area contributed by atoms with Crippen molar-refractivity contribution in [2.75, 3.05) is 4.90 Å². The van der Waals surface area contributed by atoms with Crippen LogP contribution < -0.4 is 4.90 Å². The molecule has 0 spiro atoms. The third-order valence-corrected chi connectivity index (χ3v) is 4.51. The third-order valence-electron chi connectivity index (χ3n) is 4.51. The lowest BCUT2D eigenvalue weighted by Crippen LogP contribution is -2.31. The Bertz CT molecular complexity index is 1170. The van der Waals surface area contributed by atoms with Gasteiger partial charge in [0.25, 0.3) is 0 Å². The summed E-state index contributed by atoms with van der Waals surface area (Å²) in [5.74, 6) is -1.01. The maximum absolute atomic E-state index is 13.4. The van der Waals surface area contributed by atoms with Crippen LogP contribution in [-0.4, -0.2) is 26.6 Å². The summed E-state index contributed by atoms with van der Waals surface area (Å²) in [5, 5.41) is 16.7. The predicted molar refractivity (Wildman–Crippen MR) is 101 cm³/mol. The van der Waals surface area contributed by atoms with Gasteiger partial charge in [-0.1, -0.05) is 29.5 Å². The molecule has 1 aliphatic carbocycles. The summed E-state index contributed by atoms with van der Waals surface area (Å²) >= 11 is 0. The molecule has 0 radical (unpaired) electrons. The minimum absolute atomic E-state index is 0.0387. The molecule has 0 saturated heterocycles. The van der Waals surface area contributed by atoms with Crippen LogP contribution in [0.15, 0.2) is 66.5 Å². The number of allylic oxidation sites excluding steroid dienone is 2. The molecular weight excluding hydrogens is 373 g/mol. The Balaban J connectivity index is 1.76. The van der Waals surface area contributed by atoms with E-state index in [4.69, 9.17) is 5.26 Å². The lowest BCUT2D eigenvalue weighted by molar-refractivity contribution is 0.0981. The fraction of sp³-hybridized carbons (Fsp3) is 0.0952. The number of nitrogens with zero attached hydrogens (tertiary/aromatic N) is 5. The summed E-state index contributed by atoms with van der Waals surface area (Å²) in [6.07, 6.45) is 2.87. The van der Waals surface area contributed by atoms with Crippen molar-refractivity contribution in [1.82, 2.24) is 15.0 Å². The molecular formula is C21H14FN5O2. The van der Waals surface area contributed by atoms with Crippen LogP contribution in [0.5, 0.6) is 0 Å². The highest BCUT2D eigenvalue weighted by molar-refractivity contribution is 6.25. The van der Waals surface area contributed by atoms with Gasteiger partial charge in [-0.2, -0.15) is 5.26 Å². The van der Waals surface area contributed by atoms with E-state index in [1.807, 2.05) is 6.07 Å². The maximum Gasteiger partial charge on any atom is 0.210 e. The van der Waals surface area contributed by atoms with Crippen molar-refractivity contribution in [1.29, 1.82) is 5.26 Å². The topological polar surface area (TPSA) is 91.9 Å². The number of Topliss-reactive ketones (excluding diaryl/α,β-unsaturated/α-hetero) is 1. The van der Waals surface area contributed by atoms with E-state index in [2.05, 4.69) is 10.3 Å². The number of carbonyl (C=O) groups excluding carboxylic acids is 2. The average Bonchev–Trinajstić information content (AvgIpc) is 3.17. The molecule has 29 heavy (non-hydrogen) atoms. The first-order valence-corrected chi connectivity index (χ1v) is 8.75. The number of hydrogen-bond donors (Lipinski definition) is 0. The second kappa shape index (κ2) is 7.48. The minimum Gasteiger partial charge on any atom is -0.332 e. The third kappa shape index (κ3) is 3.53. The molecule has 0 N–H and O–H groups in total. The molecule has 4 rings (SSSR count). The number of fused-ring (bicyclic) bond motifs is 1. The molecule has 1 heterocycles. The van der Waals surface area contributed by atoms with Crippen molar-refractivity contribution in [3.05, 3.63) is 89.1 Å². The van der Waals surface area contributed by atoms with Gasteiger partial charge < -0.3 is 4.90 Å². The zero-order valence-corrected chi connectivity index (χ0v) is 15.1. The minimum atomic E-state index is -0.418. The molecule has 7 nitrogen and oxygen atoms in total. The van der Waals surface area contributed by atoms with Gasteiger partial charge in [0.05, 0.1) is 24.5 Å². The molecule has 0 saturated carbocycles. The van der Waals surface area contributed by atoms with E-state index in [-0.39, 0.29) is 30.4 Å². The second-order valence-corrected chi connectivity index (χ2v) is 6.40. The van der Waals surface area contributed by atoms with Gasteiger partial charge in [0.15, 0.2) is 5.78 Å². The van der Waals surface area contributed by atoms with Gasteiger partial charge in [0.2, 0.25) is 5.78 Å². The summed E-state index contributed by atoms with van der Waals surface area (Å²) in [4.78, 5) is 27.3. The SMILES string of the molecule is N#CCn1cc(CN(C2=CC(=O)c3ccccc3C2=O)c2ccc(F)cc2)nn1. The molecule has 0 aliphatic heterocycles. The number of ketones is 2. The van der Waals surface area contributed by atoms with Crippen molar-refractivity contribution in [3.8, 4) is 6.07 Å². The van der Waals surface area contributed by atoms with Gasteiger partial charge >= 0.3 is 0 Å². The summed E-state index contributed by atoms with van der Waals surface area (Å²) in [5.41, 5.74) is 1.84. The average molecular weight is 387 g/mol. The molecule has 2 aromatic carbocycles. The van der Waals surface area contributed by atoms with Crippen molar-refractivity contribution in [3.63, 3.8) is 0 Å². The quantitative estimate of drug-likeness (QED) is 0.668. The van der Waals surface area contributed by atoms with E-state index in [9.17, 15) is 14.0 Å². The molecule has 1 aromatic heterocycles. The molecule has 8 heteroatoms. The highest BCUT2D eigenvalue weighted by atomic mass is 19.1. The highest BCUT2D eigenvalue weighted by Gasteiger charge is 2.30. The lowest BCUT2D eigenvalue weighted by Gasteiger charge is -2.28. The fourth-order valence-electron chi connectivity index (χ4n) is 3.16. The van der Waals surface area contributed by atoms with E-state index in [1.54, 1.807) is 35.4 Å². The van der Waals surface area contributed by atoms with Gasteiger partial charge in [-0.05, 0) is 24.3 Å². The van der Waals surface area contributed by atoms with Crippen LogP contribution in [0.2, 0.25) is 0 Å². The number of anilines is 1. The van der Waals surface area contributed by atoms with Gasteiger partial charge in [-0.25, -0.2) is 9.07 Å². The van der Waals surface area contributed by atoms with E-state index < -0.39 is 5.82 Å². The molecule has 0 bridgehead atoms.